The van der Waals surface area contributed by atoms with Crippen LogP contribution in [0.4, 0.5) is 0 Å². The Bertz CT molecular complexity index is 367. The van der Waals surface area contributed by atoms with E-state index in [1.54, 1.807) is 0 Å². The van der Waals surface area contributed by atoms with Crippen molar-refractivity contribution in [1.29, 1.82) is 0 Å². The van der Waals surface area contributed by atoms with Crippen molar-refractivity contribution in [2.45, 2.75) is 34.1 Å². The second kappa shape index (κ2) is 4.96. The summed E-state index contributed by atoms with van der Waals surface area (Å²) in [6.07, 6.45) is 0.509. The first-order valence-electron chi connectivity index (χ1n) is 5.46. The van der Waals surface area contributed by atoms with E-state index in [2.05, 4.69) is 0 Å². The van der Waals surface area contributed by atoms with Crippen molar-refractivity contribution in [3.8, 4) is 5.75 Å². The lowest BCUT2D eigenvalue weighted by Gasteiger charge is -2.17. The van der Waals surface area contributed by atoms with Crippen LogP contribution in [0.5, 0.6) is 5.75 Å². The van der Waals surface area contributed by atoms with E-state index in [9.17, 15) is 4.79 Å². The molecule has 0 saturated carbocycles. The van der Waals surface area contributed by atoms with E-state index in [4.69, 9.17) is 4.74 Å². The zero-order valence-electron chi connectivity index (χ0n) is 9.89. The minimum absolute atomic E-state index is 0.198. The maximum atomic E-state index is 11.5. The van der Waals surface area contributed by atoms with Crippen LogP contribution in [0, 0.1) is 13.8 Å². The number of ketones is 1. The molecule has 1 aliphatic heterocycles. The summed E-state index contributed by atoms with van der Waals surface area (Å²) in [7, 11) is 0. The summed E-state index contributed by atoms with van der Waals surface area (Å²) in [5.74, 6) is 0.948. The molecule has 0 aliphatic carbocycles. The molecule has 0 fully saturated rings. The van der Waals surface area contributed by atoms with E-state index < -0.39 is 0 Å². The third-order valence-corrected chi connectivity index (χ3v) is 2.48. The fourth-order valence-electron chi connectivity index (χ4n) is 1.52. The lowest BCUT2D eigenvalue weighted by Crippen LogP contribution is -2.15. The molecule has 0 radical (unpaired) electrons. The van der Waals surface area contributed by atoms with Gasteiger partial charge in [-0.1, -0.05) is 13.8 Å². The van der Waals surface area contributed by atoms with Crippen LogP contribution in [0.3, 0.4) is 0 Å². The van der Waals surface area contributed by atoms with Gasteiger partial charge in [-0.15, -0.1) is 0 Å². The standard InChI is InChI=1S/C11H12O2.C2H6/c1-7-5-9-10(12)3-4-13-11(9)6-8(7)2;1-2/h5-6H,3-4H2,1-2H3;1-2H3. The van der Waals surface area contributed by atoms with Gasteiger partial charge in [0, 0.05) is 6.42 Å². The summed E-state index contributed by atoms with van der Waals surface area (Å²) in [6.45, 7) is 8.56. The Kier molecular flexibility index (Phi) is 3.89. The fourth-order valence-corrected chi connectivity index (χ4v) is 1.52. The zero-order valence-corrected chi connectivity index (χ0v) is 9.89. The van der Waals surface area contributed by atoms with E-state index in [0.29, 0.717) is 13.0 Å². The Morgan fingerprint density at radius 3 is 2.40 bits per heavy atom. The minimum atomic E-state index is 0.198. The molecule has 0 amide bonds. The number of aryl methyl sites for hydroxylation is 2. The predicted octanol–water partition coefficient (Wildman–Crippen LogP) is 3.29. The molecule has 2 nitrogen and oxygen atoms in total. The summed E-state index contributed by atoms with van der Waals surface area (Å²) in [4.78, 5) is 11.5. The van der Waals surface area contributed by atoms with Crippen LogP contribution in [0.15, 0.2) is 12.1 Å². The van der Waals surface area contributed by atoms with Crippen LogP contribution < -0.4 is 4.74 Å². The number of ether oxygens (including phenoxy) is 1. The molecule has 0 saturated heterocycles. The van der Waals surface area contributed by atoms with Crippen LogP contribution in [0.25, 0.3) is 0 Å². The van der Waals surface area contributed by atoms with Crippen molar-refractivity contribution in [1.82, 2.24) is 0 Å². The molecular weight excluding hydrogens is 188 g/mol. The summed E-state index contributed by atoms with van der Waals surface area (Å²) >= 11 is 0. The monoisotopic (exact) mass is 206 g/mol. The lowest BCUT2D eigenvalue weighted by molar-refractivity contribution is 0.0933. The van der Waals surface area contributed by atoms with Crippen molar-refractivity contribution in [2.75, 3.05) is 6.61 Å². The molecule has 0 spiro atoms. The highest BCUT2D eigenvalue weighted by Crippen LogP contribution is 2.27. The average molecular weight is 206 g/mol. The Balaban J connectivity index is 0.000000531. The number of benzene rings is 1. The molecule has 82 valence electrons. The number of rotatable bonds is 0. The van der Waals surface area contributed by atoms with E-state index in [-0.39, 0.29) is 5.78 Å². The highest BCUT2D eigenvalue weighted by Gasteiger charge is 2.18. The largest absolute Gasteiger partial charge is 0.492 e. The van der Waals surface area contributed by atoms with Gasteiger partial charge in [0.15, 0.2) is 5.78 Å². The van der Waals surface area contributed by atoms with Crippen molar-refractivity contribution >= 4 is 5.78 Å². The number of hydrogen-bond acceptors (Lipinski definition) is 2. The van der Waals surface area contributed by atoms with Gasteiger partial charge in [-0.05, 0) is 37.1 Å². The molecule has 1 heterocycles. The smallest absolute Gasteiger partial charge is 0.170 e. The fraction of sp³-hybridized carbons (Fsp3) is 0.462. The Morgan fingerprint density at radius 2 is 1.73 bits per heavy atom. The molecule has 15 heavy (non-hydrogen) atoms. The molecule has 0 atom stereocenters. The van der Waals surface area contributed by atoms with Crippen molar-refractivity contribution in [3.05, 3.63) is 28.8 Å². The second-order valence-electron chi connectivity index (χ2n) is 3.45. The van der Waals surface area contributed by atoms with Crippen LogP contribution in [-0.2, 0) is 0 Å². The van der Waals surface area contributed by atoms with Gasteiger partial charge in [-0.2, -0.15) is 0 Å². The van der Waals surface area contributed by atoms with E-state index in [1.165, 1.54) is 5.56 Å². The Labute approximate surface area is 91.3 Å². The van der Waals surface area contributed by atoms with Gasteiger partial charge in [0.25, 0.3) is 0 Å². The molecule has 0 aromatic heterocycles. The molecule has 2 rings (SSSR count). The molecule has 1 aromatic rings. The number of carbonyl (C=O) groups is 1. The summed E-state index contributed by atoms with van der Waals surface area (Å²) in [5, 5.41) is 0. The van der Waals surface area contributed by atoms with Crippen LogP contribution >= 0.6 is 0 Å². The van der Waals surface area contributed by atoms with Gasteiger partial charge in [-0.3, -0.25) is 4.79 Å². The first-order chi connectivity index (χ1) is 7.18. The lowest BCUT2D eigenvalue weighted by atomic mass is 9.99. The van der Waals surface area contributed by atoms with Crippen LogP contribution in [0.1, 0.15) is 41.8 Å². The number of hydrogen-bond donors (Lipinski definition) is 0. The van der Waals surface area contributed by atoms with Crippen molar-refractivity contribution < 1.29 is 9.53 Å². The third-order valence-electron chi connectivity index (χ3n) is 2.48. The van der Waals surface area contributed by atoms with Gasteiger partial charge in [0.05, 0.1) is 12.2 Å². The highest BCUT2D eigenvalue weighted by atomic mass is 16.5. The molecule has 0 unspecified atom stereocenters. The average Bonchev–Trinajstić information content (AvgIpc) is 2.24. The summed E-state index contributed by atoms with van der Waals surface area (Å²) in [5.41, 5.74) is 3.07. The number of fused-ring (bicyclic) bond motifs is 1. The molecule has 2 heteroatoms. The Morgan fingerprint density at radius 1 is 1.13 bits per heavy atom. The van der Waals surface area contributed by atoms with Crippen molar-refractivity contribution in [2.24, 2.45) is 0 Å². The van der Waals surface area contributed by atoms with Gasteiger partial charge in [0.2, 0.25) is 0 Å². The minimum Gasteiger partial charge on any atom is -0.492 e. The maximum absolute atomic E-state index is 11.5. The van der Waals surface area contributed by atoms with E-state index in [0.717, 1.165) is 16.9 Å². The Hall–Kier alpha value is -1.31. The number of Topliss-reactive ketones (excluding diaryl/α,β-unsaturated/α-hetero) is 1. The van der Waals surface area contributed by atoms with Gasteiger partial charge >= 0.3 is 0 Å². The van der Waals surface area contributed by atoms with Crippen molar-refractivity contribution in [3.63, 3.8) is 0 Å². The SMILES string of the molecule is CC.Cc1cc2c(cc1C)C(=O)CCO2. The normalized spacial score (nSPS) is 13.5. The summed E-state index contributed by atoms with van der Waals surface area (Å²) < 4.78 is 5.41. The maximum Gasteiger partial charge on any atom is 0.170 e. The number of carbonyl (C=O) groups excluding carboxylic acids is 1. The highest BCUT2D eigenvalue weighted by molar-refractivity contribution is 5.99. The van der Waals surface area contributed by atoms with E-state index in [1.807, 2.05) is 39.8 Å². The summed E-state index contributed by atoms with van der Waals surface area (Å²) in [6, 6.07) is 3.87. The first-order valence-corrected chi connectivity index (χ1v) is 5.46. The molecule has 1 aromatic carbocycles. The van der Waals surface area contributed by atoms with E-state index >= 15 is 0 Å². The molecule has 0 bridgehead atoms. The molecule has 1 aliphatic rings. The van der Waals surface area contributed by atoms with Gasteiger partial charge in [-0.25, -0.2) is 0 Å². The molecule has 0 N–H and O–H groups in total. The van der Waals surface area contributed by atoms with Gasteiger partial charge < -0.3 is 4.74 Å². The van der Waals surface area contributed by atoms with Crippen LogP contribution in [-0.4, -0.2) is 12.4 Å². The zero-order chi connectivity index (χ0) is 11.4. The second-order valence-corrected chi connectivity index (χ2v) is 3.45. The first kappa shape index (κ1) is 11.8. The quantitative estimate of drug-likeness (QED) is 0.651. The topological polar surface area (TPSA) is 26.3 Å². The van der Waals surface area contributed by atoms with Gasteiger partial charge in [0.1, 0.15) is 5.75 Å². The molecular formula is C13H18O2. The predicted molar refractivity (Wildman–Crippen MR) is 61.7 cm³/mol. The third kappa shape index (κ3) is 2.38. The van der Waals surface area contributed by atoms with Crippen LogP contribution in [0.2, 0.25) is 0 Å².